The van der Waals surface area contributed by atoms with Crippen LogP contribution in [0.5, 0.6) is 5.75 Å². The van der Waals surface area contributed by atoms with E-state index < -0.39 is 0 Å². The van der Waals surface area contributed by atoms with Crippen molar-refractivity contribution in [1.82, 2.24) is 4.90 Å². The molecule has 1 aliphatic heterocycles. The maximum Gasteiger partial charge on any atom is 0.119 e. The van der Waals surface area contributed by atoms with Gasteiger partial charge in [0.05, 0.1) is 12.7 Å². The van der Waals surface area contributed by atoms with Gasteiger partial charge in [-0.25, -0.2) is 0 Å². The van der Waals surface area contributed by atoms with Gasteiger partial charge in [0, 0.05) is 30.6 Å². The zero-order valence-electron chi connectivity index (χ0n) is 11.7. The van der Waals surface area contributed by atoms with Crippen LogP contribution in [0, 0.1) is 11.8 Å². The zero-order chi connectivity index (χ0) is 13.9. The summed E-state index contributed by atoms with van der Waals surface area (Å²) in [5.41, 5.74) is 0. The number of aliphatic hydroxyl groups is 1. The Hall–Kier alpha value is -0.770. The smallest absolute Gasteiger partial charge is 0.119 e. The lowest BCUT2D eigenvalue weighted by molar-refractivity contribution is 0.123. The monoisotopic (exact) mass is 295 g/mol. The molecule has 3 atom stereocenters. The number of aliphatic hydroxyl groups excluding tert-OH is 1. The molecule has 2 fully saturated rings. The molecular formula is C16H22ClNO2. The standard InChI is InChI=1S/C16H22ClNO2/c17-13-3-5-14(6-4-13)20-9-1-8-18-10-12-2-7-16(19)15(12)11-18/h3-6,12,15-16,19H,1-2,7-11H2. The highest BCUT2D eigenvalue weighted by Gasteiger charge is 2.41. The lowest BCUT2D eigenvalue weighted by Crippen LogP contribution is -2.26. The third-order valence-corrected chi connectivity index (χ3v) is 4.85. The van der Waals surface area contributed by atoms with Crippen LogP contribution in [0.1, 0.15) is 19.3 Å². The molecular weight excluding hydrogens is 274 g/mol. The van der Waals surface area contributed by atoms with Gasteiger partial charge in [0.2, 0.25) is 0 Å². The summed E-state index contributed by atoms with van der Waals surface area (Å²) in [6.07, 6.45) is 3.17. The average Bonchev–Trinajstić information content (AvgIpc) is 2.99. The first-order chi connectivity index (χ1) is 9.72. The number of likely N-dealkylation sites (tertiary alicyclic amines) is 1. The lowest BCUT2D eigenvalue weighted by atomic mass is 10.00. The predicted octanol–water partition coefficient (Wildman–Crippen LogP) is 2.81. The second-order valence-corrected chi connectivity index (χ2v) is 6.42. The Bertz CT molecular complexity index is 437. The predicted molar refractivity (Wildman–Crippen MR) is 80.2 cm³/mol. The summed E-state index contributed by atoms with van der Waals surface area (Å²) in [7, 11) is 0. The lowest BCUT2D eigenvalue weighted by Gasteiger charge is -2.17. The fourth-order valence-corrected chi connectivity index (χ4v) is 3.65. The van der Waals surface area contributed by atoms with Gasteiger partial charge in [-0.2, -0.15) is 0 Å². The summed E-state index contributed by atoms with van der Waals surface area (Å²) in [6, 6.07) is 7.50. The van der Waals surface area contributed by atoms with Crippen LogP contribution in [0.25, 0.3) is 0 Å². The normalized spacial score (nSPS) is 29.6. The van der Waals surface area contributed by atoms with Crippen molar-refractivity contribution in [3.05, 3.63) is 29.3 Å². The van der Waals surface area contributed by atoms with Gasteiger partial charge in [-0.15, -0.1) is 0 Å². The van der Waals surface area contributed by atoms with Crippen LogP contribution in [0.2, 0.25) is 5.02 Å². The first-order valence-corrected chi connectivity index (χ1v) is 7.89. The number of halogens is 1. The van der Waals surface area contributed by atoms with Gasteiger partial charge < -0.3 is 14.7 Å². The Kier molecular flexibility index (Phi) is 4.49. The molecule has 0 amide bonds. The minimum atomic E-state index is -0.0599. The molecule has 1 saturated carbocycles. The van der Waals surface area contributed by atoms with Gasteiger partial charge in [0.15, 0.2) is 0 Å². The molecule has 1 aromatic carbocycles. The van der Waals surface area contributed by atoms with E-state index in [1.165, 1.54) is 6.42 Å². The van der Waals surface area contributed by atoms with Crippen molar-refractivity contribution in [3.63, 3.8) is 0 Å². The van der Waals surface area contributed by atoms with Gasteiger partial charge >= 0.3 is 0 Å². The number of fused-ring (bicyclic) bond motifs is 1. The zero-order valence-corrected chi connectivity index (χ0v) is 12.4. The van der Waals surface area contributed by atoms with Gasteiger partial charge in [-0.3, -0.25) is 0 Å². The number of rotatable bonds is 5. The highest BCUT2D eigenvalue weighted by atomic mass is 35.5. The summed E-state index contributed by atoms with van der Waals surface area (Å²) in [5, 5.41) is 10.6. The summed E-state index contributed by atoms with van der Waals surface area (Å²) >= 11 is 5.83. The Balaban J connectivity index is 1.36. The summed E-state index contributed by atoms with van der Waals surface area (Å²) in [4.78, 5) is 2.48. The molecule has 4 heteroatoms. The Labute approximate surface area is 125 Å². The number of nitrogens with zero attached hydrogens (tertiary/aromatic N) is 1. The number of hydrogen-bond donors (Lipinski definition) is 1. The number of ether oxygens (including phenoxy) is 1. The third kappa shape index (κ3) is 3.27. The maximum absolute atomic E-state index is 9.90. The van der Waals surface area contributed by atoms with Crippen LogP contribution in [0.4, 0.5) is 0 Å². The fourth-order valence-electron chi connectivity index (χ4n) is 3.52. The van der Waals surface area contributed by atoms with Crippen LogP contribution in [-0.2, 0) is 0 Å². The molecule has 0 aromatic heterocycles. The largest absolute Gasteiger partial charge is 0.494 e. The van der Waals surface area contributed by atoms with Crippen molar-refractivity contribution in [2.24, 2.45) is 11.8 Å². The van der Waals surface area contributed by atoms with E-state index in [-0.39, 0.29) is 6.10 Å². The molecule has 1 heterocycles. The van der Waals surface area contributed by atoms with Crippen molar-refractivity contribution >= 4 is 11.6 Å². The first-order valence-electron chi connectivity index (χ1n) is 7.51. The van der Waals surface area contributed by atoms with Crippen molar-refractivity contribution < 1.29 is 9.84 Å². The minimum Gasteiger partial charge on any atom is -0.494 e. The van der Waals surface area contributed by atoms with Crippen molar-refractivity contribution in [2.45, 2.75) is 25.4 Å². The van der Waals surface area contributed by atoms with Crippen LogP contribution in [0.3, 0.4) is 0 Å². The molecule has 1 N–H and O–H groups in total. The highest BCUT2D eigenvalue weighted by Crippen LogP contribution is 2.37. The molecule has 0 spiro atoms. The molecule has 3 unspecified atom stereocenters. The molecule has 1 aliphatic carbocycles. The molecule has 0 bridgehead atoms. The summed E-state index contributed by atoms with van der Waals surface area (Å²) in [5.74, 6) is 2.12. The van der Waals surface area contributed by atoms with Crippen LogP contribution in [-0.4, -0.2) is 42.4 Å². The van der Waals surface area contributed by atoms with E-state index in [1.54, 1.807) is 0 Å². The van der Waals surface area contributed by atoms with E-state index in [4.69, 9.17) is 16.3 Å². The van der Waals surface area contributed by atoms with Gasteiger partial charge in [-0.1, -0.05) is 11.6 Å². The topological polar surface area (TPSA) is 32.7 Å². The Morgan fingerprint density at radius 2 is 2.00 bits per heavy atom. The quantitative estimate of drug-likeness (QED) is 0.848. The second kappa shape index (κ2) is 6.33. The van der Waals surface area contributed by atoms with Gasteiger partial charge in [-0.05, 0) is 49.4 Å². The van der Waals surface area contributed by atoms with Crippen LogP contribution in [0.15, 0.2) is 24.3 Å². The molecule has 3 rings (SSSR count). The van der Waals surface area contributed by atoms with E-state index in [2.05, 4.69) is 4.90 Å². The van der Waals surface area contributed by atoms with E-state index in [9.17, 15) is 5.11 Å². The Morgan fingerprint density at radius 3 is 2.75 bits per heavy atom. The van der Waals surface area contributed by atoms with Crippen molar-refractivity contribution in [1.29, 1.82) is 0 Å². The molecule has 3 nitrogen and oxygen atoms in total. The molecule has 110 valence electrons. The van der Waals surface area contributed by atoms with Gasteiger partial charge in [0.1, 0.15) is 5.75 Å². The Morgan fingerprint density at radius 1 is 1.20 bits per heavy atom. The summed E-state index contributed by atoms with van der Waals surface area (Å²) < 4.78 is 5.70. The molecule has 20 heavy (non-hydrogen) atoms. The number of benzene rings is 1. The molecule has 2 aliphatic rings. The first kappa shape index (κ1) is 14.2. The second-order valence-electron chi connectivity index (χ2n) is 5.98. The van der Waals surface area contributed by atoms with E-state index in [0.717, 1.165) is 55.8 Å². The SMILES string of the molecule is OC1CCC2CN(CCCOc3ccc(Cl)cc3)CC12. The van der Waals surface area contributed by atoms with Crippen LogP contribution >= 0.6 is 11.6 Å². The molecule has 0 radical (unpaired) electrons. The molecule has 1 saturated heterocycles. The maximum atomic E-state index is 9.90. The highest BCUT2D eigenvalue weighted by molar-refractivity contribution is 6.30. The fraction of sp³-hybridized carbons (Fsp3) is 0.625. The van der Waals surface area contributed by atoms with E-state index in [1.807, 2.05) is 24.3 Å². The van der Waals surface area contributed by atoms with Crippen molar-refractivity contribution in [2.75, 3.05) is 26.2 Å². The van der Waals surface area contributed by atoms with Crippen LogP contribution < -0.4 is 4.74 Å². The van der Waals surface area contributed by atoms with Gasteiger partial charge in [0.25, 0.3) is 0 Å². The van der Waals surface area contributed by atoms with E-state index in [0.29, 0.717) is 5.92 Å². The summed E-state index contributed by atoms with van der Waals surface area (Å²) in [6.45, 7) is 4.01. The van der Waals surface area contributed by atoms with E-state index >= 15 is 0 Å². The average molecular weight is 296 g/mol. The minimum absolute atomic E-state index is 0.0599. The van der Waals surface area contributed by atoms with Crippen molar-refractivity contribution in [3.8, 4) is 5.75 Å². The molecule has 1 aromatic rings. The third-order valence-electron chi connectivity index (χ3n) is 4.60. The number of hydrogen-bond acceptors (Lipinski definition) is 3.